The average molecular weight is 250 g/mol. The fraction of sp³-hybridized carbons (Fsp3) is 0.429. The smallest absolute Gasteiger partial charge is 0.134 e. The highest BCUT2D eigenvalue weighted by Crippen LogP contribution is 2.54. The maximum absolute atomic E-state index is 5.99. The van der Waals surface area contributed by atoms with Gasteiger partial charge in [-0.15, -0.1) is 0 Å². The zero-order valence-electron chi connectivity index (χ0n) is 10.1. The van der Waals surface area contributed by atoms with Gasteiger partial charge in [0.05, 0.1) is 6.04 Å². The van der Waals surface area contributed by atoms with Crippen molar-refractivity contribution in [2.24, 2.45) is 5.41 Å². The molecule has 2 nitrogen and oxygen atoms in total. The molecule has 1 aromatic carbocycles. The van der Waals surface area contributed by atoms with Crippen LogP contribution in [0.5, 0.6) is 0 Å². The van der Waals surface area contributed by atoms with Gasteiger partial charge in [-0.3, -0.25) is 0 Å². The van der Waals surface area contributed by atoms with Gasteiger partial charge >= 0.3 is 0 Å². The maximum Gasteiger partial charge on any atom is 0.134 e. The third-order valence-electron chi connectivity index (χ3n) is 3.81. The summed E-state index contributed by atoms with van der Waals surface area (Å²) in [5.74, 6) is 1.02. The number of benzene rings is 1. The molecule has 1 aliphatic rings. The van der Waals surface area contributed by atoms with Crippen LogP contribution < -0.4 is 5.32 Å². The van der Waals surface area contributed by atoms with Crippen molar-refractivity contribution in [2.45, 2.75) is 25.8 Å². The maximum atomic E-state index is 5.99. The molecule has 1 saturated carbocycles. The molecule has 0 aliphatic heterocycles. The van der Waals surface area contributed by atoms with Gasteiger partial charge in [0, 0.05) is 10.4 Å². The van der Waals surface area contributed by atoms with Gasteiger partial charge in [0.2, 0.25) is 0 Å². The molecule has 3 heteroatoms. The average Bonchev–Trinajstić information content (AvgIpc) is 2.89. The standard InChI is InChI=1S/C14H16ClNO/c1-14(5-6-14)13(16-2)12-8-9-7-10(15)3-4-11(9)17-12/h3-4,7-8,13,16H,5-6H2,1-2H3. The second-order valence-electron chi connectivity index (χ2n) is 5.21. The van der Waals surface area contributed by atoms with Crippen LogP contribution in [0.1, 0.15) is 31.6 Å². The second-order valence-corrected chi connectivity index (χ2v) is 5.64. The van der Waals surface area contributed by atoms with E-state index >= 15 is 0 Å². The number of rotatable bonds is 3. The highest BCUT2D eigenvalue weighted by Gasteiger charge is 2.46. The van der Waals surface area contributed by atoms with Crippen LogP contribution in [0.3, 0.4) is 0 Å². The fourth-order valence-electron chi connectivity index (χ4n) is 2.50. The second kappa shape index (κ2) is 3.76. The van der Waals surface area contributed by atoms with Crippen molar-refractivity contribution in [3.63, 3.8) is 0 Å². The van der Waals surface area contributed by atoms with Crippen LogP contribution in [0.4, 0.5) is 0 Å². The summed E-state index contributed by atoms with van der Waals surface area (Å²) in [6.07, 6.45) is 2.52. The van der Waals surface area contributed by atoms with Crippen LogP contribution >= 0.6 is 11.6 Å². The Kier molecular flexibility index (Phi) is 2.46. The summed E-state index contributed by atoms with van der Waals surface area (Å²) in [7, 11) is 1.99. The normalized spacial score (nSPS) is 19.5. The molecular weight excluding hydrogens is 234 g/mol. The van der Waals surface area contributed by atoms with Crippen LogP contribution in [0.15, 0.2) is 28.7 Å². The van der Waals surface area contributed by atoms with Gasteiger partial charge in [-0.1, -0.05) is 18.5 Å². The number of hydrogen-bond acceptors (Lipinski definition) is 2. The first-order valence-electron chi connectivity index (χ1n) is 5.99. The van der Waals surface area contributed by atoms with Crippen LogP contribution in [0, 0.1) is 5.41 Å². The Morgan fingerprint density at radius 2 is 2.12 bits per heavy atom. The number of fused-ring (bicyclic) bond motifs is 1. The number of nitrogens with one attached hydrogen (secondary N) is 1. The van der Waals surface area contributed by atoms with Crippen molar-refractivity contribution in [2.75, 3.05) is 7.05 Å². The highest BCUT2D eigenvalue weighted by molar-refractivity contribution is 6.31. The van der Waals surface area contributed by atoms with E-state index in [0.29, 0.717) is 11.5 Å². The monoisotopic (exact) mass is 249 g/mol. The molecular formula is C14H16ClNO. The Morgan fingerprint density at radius 1 is 1.35 bits per heavy atom. The highest BCUT2D eigenvalue weighted by atomic mass is 35.5. The Hall–Kier alpha value is -0.990. The fourth-order valence-corrected chi connectivity index (χ4v) is 2.68. The van der Waals surface area contributed by atoms with Gasteiger partial charge in [-0.05, 0) is 49.6 Å². The van der Waals surface area contributed by atoms with Gasteiger partial charge in [-0.2, -0.15) is 0 Å². The van der Waals surface area contributed by atoms with Crippen LogP contribution in [0.25, 0.3) is 11.0 Å². The van der Waals surface area contributed by atoms with E-state index in [1.807, 2.05) is 25.2 Å². The summed E-state index contributed by atoms with van der Waals surface area (Å²) in [5, 5.41) is 5.20. The molecule has 1 atom stereocenters. The van der Waals surface area contributed by atoms with Crippen molar-refractivity contribution in [1.82, 2.24) is 5.32 Å². The molecule has 0 radical (unpaired) electrons. The molecule has 0 amide bonds. The zero-order valence-corrected chi connectivity index (χ0v) is 10.8. The number of hydrogen-bond donors (Lipinski definition) is 1. The Morgan fingerprint density at radius 3 is 2.76 bits per heavy atom. The predicted octanol–water partition coefficient (Wildman–Crippen LogP) is 4.15. The molecule has 1 N–H and O–H groups in total. The molecule has 0 saturated heterocycles. The van der Waals surface area contributed by atoms with Crippen LogP contribution in [0.2, 0.25) is 5.02 Å². The lowest BCUT2D eigenvalue weighted by Gasteiger charge is -2.20. The van der Waals surface area contributed by atoms with E-state index in [2.05, 4.69) is 18.3 Å². The van der Waals surface area contributed by atoms with Crippen LogP contribution in [-0.4, -0.2) is 7.05 Å². The molecule has 1 fully saturated rings. The molecule has 0 spiro atoms. The number of halogens is 1. The summed E-state index contributed by atoms with van der Waals surface area (Å²) in [4.78, 5) is 0. The van der Waals surface area contributed by atoms with E-state index in [0.717, 1.165) is 21.8 Å². The minimum absolute atomic E-state index is 0.300. The molecule has 1 heterocycles. The summed E-state index contributed by atoms with van der Waals surface area (Å²) in [6, 6.07) is 8.15. The van der Waals surface area contributed by atoms with Gasteiger partial charge < -0.3 is 9.73 Å². The molecule has 3 rings (SSSR count). The quantitative estimate of drug-likeness (QED) is 0.884. The van der Waals surface area contributed by atoms with E-state index in [9.17, 15) is 0 Å². The van der Waals surface area contributed by atoms with E-state index < -0.39 is 0 Å². The van der Waals surface area contributed by atoms with Gasteiger partial charge in [0.1, 0.15) is 11.3 Å². The lowest BCUT2D eigenvalue weighted by atomic mass is 9.97. The zero-order chi connectivity index (χ0) is 12.0. The van der Waals surface area contributed by atoms with Crippen LogP contribution in [-0.2, 0) is 0 Å². The number of furan rings is 1. The van der Waals surface area contributed by atoms with Gasteiger partial charge in [0.15, 0.2) is 0 Å². The minimum Gasteiger partial charge on any atom is -0.459 e. The van der Waals surface area contributed by atoms with Crippen molar-refractivity contribution in [1.29, 1.82) is 0 Å². The van der Waals surface area contributed by atoms with Gasteiger partial charge in [0.25, 0.3) is 0 Å². The Balaban J connectivity index is 2.05. The molecule has 17 heavy (non-hydrogen) atoms. The molecule has 90 valence electrons. The summed E-state index contributed by atoms with van der Waals surface area (Å²) in [6.45, 7) is 2.30. The minimum atomic E-state index is 0.300. The van der Waals surface area contributed by atoms with E-state index in [-0.39, 0.29) is 0 Å². The first kappa shape index (κ1) is 11.1. The third kappa shape index (κ3) is 1.85. The Labute approximate surface area is 106 Å². The van der Waals surface area contributed by atoms with E-state index in [4.69, 9.17) is 16.0 Å². The van der Waals surface area contributed by atoms with Crippen molar-refractivity contribution >= 4 is 22.6 Å². The SMILES string of the molecule is CNC(c1cc2cc(Cl)ccc2o1)C1(C)CC1. The summed E-state index contributed by atoms with van der Waals surface area (Å²) in [5.41, 5.74) is 1.26. The van der Waals surface area contributed by atoms with Crippen molar-refractivity contribution in [3.05, 3.63) is 35.0 Å². The lowest BCUT2D eigenvalue weighted by molar-refractivity contribution is 0.333. The van der Waals surface area contributed by atoms with Crippen molar-refractivity contribution < 1.29 is 4.42 Å². The van der Waals surface area contributed by atoms with Crippen molar-refractivity contribution in [3.8, 4) is 0 Å². The third-order valence-corrected chi connectivity index (χ3v) is 4.04. The molecule has 2 aromatic rings. The summed E-state index contributed by atoms with van der Waals surface area (Å²) >= 11 is 5.99. The Bertz CT molecular complexity index is 556. The molecule has 1 aromatic heterocycles. The van der Waals surface area contributed by atoms with E-state index in [1.165, 1.54) is 12.8 Å². The molecule has 1 unspecified atom stereocenters. The molecule has 0 bridgehead atoms. The summed E-state index contributed by atoms with van der Waals surface area (Å²) < 4.78 is 5.92. The largest absolute Gasteiger partial charge is 0.459 e. The predicted molar refractivity (Wildman–Crippen MR) is 70.4 cm³/mol. The first-order valence-corrected chi connectivity index (χ1v) is 6.36. The van der Waals surface area contributed by atoms with Gasteiger partial charge in [-0.25, -0.2) is 0 Å². The topological polar surface area (TPSA) is 25.2 Å². The first-order chi connectivity index (χ1) is 8.12. The molecule has 1 aliphatic carbocycles. The lowest BCUT2D eigenvalue weighted by Crippen LogP contribution is -2.23. The van der Waals surface area contributed by atoms with E-state index in [1.54, 1.807) is 0 Å².